The zero-order valence-corrected chi connectivity index (χ0v) is 71.7. The van der Waals surface area contributed by atoms with E-state index in [1.165, 1.54) is 114 Å². The summed E-state index contributed by atoms with van der Waals surface area (Å²) in [5.74, 6) is -0.748. The number of fused-ring (bicyclic) bond motifs is 8. The van der Waals surface area contributed by atoms with Gasteiger partial charge in [0.2, 0.25) is 5.91 Å². The van der Waals surface area contributed by atoms with Gasteiger partial charge < -0.3 is 52.3 Å². The molecule has 20 rings (SSSR count). The maximum Gasteiger partial charge on any atom is 0.307 e. The van der Waals surface area contributed by atoms with E-state index in [0.29, 0.717) is 79.7 Å². The quantitative estimate of drug-likeness (QED) is 0.0595. The molecule has 0 radical (unpaired) electrons. The van der Waals surface area contributed by atoms with E-state index in [0.717, 1.165) is 139 Å². The van der Waals surface area contributed by atoms with Gasteiger partial charge >= 0.3 is 5.97 Å². The number of aromatic hydroxyl groups is 1. The smallest absolute Gasteiger partial charge is 0.307 e. The molecule has 1 amide bonds. The SMILES string of the molecule is C1CCOC1.CCn1cc(CC(=O)N2Cc3ccccc3C2)c2c(OCc3ccccc3)cc(F)cc21.CCn1cc(CC(=O)O)c2c(OCc3ccccc3)cc(F)cc21.CCn1cc(CCN2Cc3ccccc3C2)c2c(O)cc(F)cc21.CCn1cc(CCN2Cc3ccccc3C2)c2c(OCc3ccccc3)cc(F)cc21.c1ccc2c(c1)CCC2. The van der Waals surface area contributed by atoms with Gasteiger partial charge in [-0.15, -0.1) is 0 Å². The number of amides is 1. The lowest BCUT2D eigenvalue weighted by Gasteiger charge is -2.15. The Hall–Kier alpha value is -12.7. The maximum absolute atomic E-state index is 14.4. The minimum atomic E-state index is -0.927. The average molecular weight is 1690 g/mol. The van der Waals surface area contributed by atoms with Gasteiger partial charge in [0, 0.05) is 162 Å². The highest BCUT2D eigenvalue weighted by Crippen LogP contribution is 2.39. The molecule has 2 N–H and O–H groups in total. The van der Waals surface area contributed by atoms with Gasteiger partial charge in [0.1, 0.15) is 66.1 Å². The number of phenols is 1. The van der Waals surface area contributed by atoms with Gasteiger partial charge in [0.15, 0.2) is 0 Å². The molecule has 125 heavy (non-hydrogen) atoms. The highest BCUT2D eigenvalue weighted by Gasteiger charge is 2.28. The van der Waals surface area contributed by atoms with Crippen LogP contribution in [0.1, 0.15) is 130 Å². The molecule has 1 aliphatic carbocycles. The number of aliphatic carboxylic acids is 1. The first-order valence-corrected chi connectivity index (χ1v) is 43.8. The van der Waals surface area contributed by atoms with Crippen LogP contribution in [-0.2, 0) is 138 Å². The van der Waals surface area contributed by atoms with Crippen LogP contribution in [0.2, 0.25) is 0 Å². The van der Waals surface area contributed by atoms with Crippen molar-refractivity contribution in [1.82, 2.24) is 33.0 Å². The predicted molar refractivity (Wildman–Crippen MR) is 487 cm³/mol. The van der Waals surface area contributed by atoms with Gasteiger partial charge in [-0.3, -0.25) is 19.4 Å². The summed E-state index contributed by atoms with van der Waals surface area (Å²) >= 11 is 0. The molecule has 4 aromatic heterocycles. The highest BCUT2D eigenvalue weighted by atomic mass is 19.1. The molecule has 4 aliphatic heterocycles. The van der Waals surface area contributed by atoms with E-state index < -0.39 is 17.6 Å². The summed E-state index contributed by atoms with van der Waals surface area (Å²) in [6.07, 6.45) is 16.3. The number of carbonyl (C=O) groups excluding carboxylic acids is 1. The molecule has 0 unspecified atom stereocenters. The van der Waals surface area contributed by atoms with Gasteiger partial charge in [-0.1, -0.05) is 188 Å². The van der Waals surface area contributed by atoms with E-state index in [-0.39, 0.29) is 36.1 Å². The first-order valence-electron chi connectivity index (χ1n) is 43.8. The van der Waals surface area contributed by atoms with Crippen LogP contribution in [0, 0.1) is 23.3 Å². The second-order valence-electron chi connectivity index (χ2n) is 32.5. The third-order valence-corrected chi connectivity index (χ3v) is 24.0. The number of nitrogens with zero attached hydrogens (tertiary/aromatic N) is 7. The van der Waals surface area contributed by atoms with Crippen LogP contribution in [0.25, 0.3) is 43.6 Å². The molecule has 0 spiro atoms. The minimum absolute atomic E-state index is 0.0388. The number of aryl methyl sites for hydroxylation is 6. The van der Waals surface area contributed by atoms with Gasteiger partial charge in [0.05, 0.1) is 34.9 Å². The number of carboxylic acid groups (broad SMARTS) is 1. The number of carboxylic acids is 1. The number of benzene rings is 11. The summed E-state index contributed by atoms with van der Waals surface area (Å²) in [4.78, 5) is 31.1. The Bertz CT molecular complexity index is 6090. The molecule has 1 saturated heterocycles. The fraction of sp³-hybridized carbons (Fsp3) is 0.283. The van der Waals surface area contributed by atoms with Crippen molar-refractivity contribution < 1.29 is 56.3 Å². The summed E-state index contributed by atoms with van der Waals surface area (Å²) < 4.78 is 87.4. The van der Waals surface area contributed by atoms with Crippen molar-refractivity contribution in [3.8, 4) is 23.0 Å². The Morgan fingerprint density at radius 3 is 1.01 bits per heavy atom. The third-order valence-electron chi connectivity index (χ3n) is 24.0. The second kappa shape index (κ2) is 41.7. The number of halogens is 4. The first-order chi connectivity index (χ1) is 61.0. The molecule has 15 aromatic rings. The fourth-order valence-corrected chi connectivity index (χ4v) is 17.7. The summed E-state index contributed by atoms with van der Waals surface area (Å²) in [5.41, 5.74) is 21.1. The van der Waals surface area contributed by atoms with Crippen LogP contribution >= 0.6 is 0 Å². The molecule has 15 nitrogen and oxygen atoms in total. The number of hydrogen-bond donors (Lipinski definition) is 2. The van der Waals surface area contributed by atoms with E-state index in [4.69, 9.17) is 24.1 Å². The predicted octanol–water partition coefficient (Wildman–Crippen LogP) is 22.4. The zero-order chi connectivity index (χ0) is 86.7. The lowest BCUT2D eigenvalue weighted by molar-refractivity contribution is -0.136. The van der Waals surface area contributed by atoms with Gasteiger partial charge in [-0.2, -0.15) is 0 Å². The Balaban J connectivity index is 0.000000123. The van der Waals surface area contributed by atoms with Crippen LogP contribution in [0.15, 0.2) is 261 Å². The van der Waals surface area contributed by atoms with Gasteiger partial charge in [-0.25, -0.2) is 17.6 Å². The minimum Gasteiger partial charge on any atom is -0.507 e. The number of ether oxygens (including phenoxy) is 4. The Morgan fingerprint density at radius 2 is 0.664 bits per heavy atom. The summed E-state index contributed by atoms with van der Waals surface area (Å²) in [6, 6.07) is 75.1. The van der Waals surface area contributed by atoms with Crippen molar-refractivity contribution in [2.75, 3.05) is 26.3 Å². The normalized spacial score (nSPS) is 13.6. The molecule has 8 heterocycles. The topological polar surface area (TPSA) is 141 Å². The number of carbonyl (C=O) groups is 2. The Labute approximate surface area is 728 Å². The van der Waals surface area contributed by atoms with Crippen molar-refractivity contribution in [1.29, 1.82) is 0 Å². The lowest BCUT2D eigenvalue weighted by atomic mass is 10.1. The third kappa shape index (κ3) is 21.7. The first kappa shape index (κ1) is 87.2. The van der Waals surface area contributed by atoms with Crippen LogP contribution in [-0.4, -0.2) is 81.4 Å². The van der Waals surface area contributed by atoms with E-state index in [1.807, 2.05) is 155 Å². The van der Waals surface area contributed by atoms with Gasteiger partial charge in [-0.05, 0) is 180 Å². The fourth-order valence-electron chi connectivity index (χ4n) is 17.7. The summed E-state index contributed by atoms with van der Waals surface area (Å²) in [7, 11) is 0. The largest absolute Gasteiger partial charge is 0.507 e. The van der Waals surface area contributed by atoms with Gasteiger partial charge in [0.25, 0.3) is 0 Å². The second-order valence-corrected chi connectivity index (χ2v) is 32.5. The van der Waals surface area contributed by atoms with Crippen LogP contribution in [0.4, 0.5) is 17.6 Å². The van der Waals surface area contributed by atoms with Crippen molar-refractivity contribution in [3.05, 3.63) is 368 Å². The molecule has 0 saturated carbocycles. The number of hydrogen-bond acceptors (Lipinski definition) is 9. The Morgan fingerprint density at radius 1 is 0.360 bits per heavy atom. The number of aromatic nitrogens is 4. The Kier molecular flexibility index (Phi) is 29.1. The summed E-state index contributed by atoms with van der Waals surface area (Å²) in [5, 5.41) is 22.6. The maximum atomic E-state index is 14.4. The molecule has 1 fully saturated rings. The average Bonchev–Trinajstić information content (AvgIpc) is 1.64. The molecule has 644 valence electrons. The lowest BCUT2D eigenvalue weighted by Crippen LogP contribution is -2.26. The van der Waals surface area contributed by atoms with Crippen molar-refractivity contribution in [2.45, 2.75) is 171 Å². The van der Waals surface area contributed by atoms with Crippen molar-refractivity contribution in [3.63, 3.8) is 0 Å². The molecular weight excluding hydrogens is 1580 g/mol. The standard InChI is InChI=1S/C27H25FN2O2.C27H27FN2O.C20H21FN2O.C19H18FNO3.C9H10.C4H8O/c1-2-29-17-22(12-26(31)30-15-20-10-6-7-11-21(20)16-30)27-24(29)13-23(28)14-25(27)32-18-19-8-4-3-5-9-19;1-2-30-18-23(12-13-29-16-21-10-6-7-11-22(21)17-29)27-25(30)14-24(28)15-26(27)31-19-20-8-4-3-5-9-20;1-2-23-13-16(20-18(23)9-17(21)10-19(20)24)7-8-22-11-14-5-3-4-6-15(14)12-22;1-2-21-11-14(8-18(22)23)19-16(21)9-15(20)10-17(19)24-12-13-6-4-3-5-7-13;1-2-5-9-7-3-6-8(9)4-1;1-2-4-5-3-1/h3-11,13-14,17H,2,12,15-16,18H2,1H3;3-11,14-15,18H,2,12-13,16-17,19H2,1H3;3-6,9-10,13,24H,2,7-8,11-12H2,1H3;3-7,9-11H,2,8,12H2,1H3,(H,22,23);1-2,4-5H,3,6-7H2;1-4H2. The van der Waals surface area contributed by atoms with Crippen LogP contribution < -0.4 is 14.2 Å². The molecule has 0 bridgehead atoms. The van der Waals surface area contributed by atoms with E-state index in [1.54, 1.807) is 23.4 Å². The van der Waals surface area contributed by atoms with Crippen molar-refractivity contribution in [2.24, 2.45) is 0 Å². The molecule has 19 heteroatoms. The molecule has 5 aliphatic rings. The van der Waals surface area contributed by atoms with E-state index in [2.05, 4.69) is 112 Å². The van der Waals surface area contributed by atoms with Crippen LogP contribution in [0.5, 0.6) is 23.0 Å². The number of phenolic OH excluding ortho intramolecular Hbond substituents is 1. The zero-order valence-electron chi connectivity index (χ0n) is 71.7. The van der Waals surface area contributed by atoms with E-state index in [9.17, 15) is 32.3 Å². The molecular formula is C106H109F4N7O8. The molecule has 11 aromatic carbocycles. The highest BCUT2D eigenvalue weighted by molar-refractivity contribution is 5.95. The summed E-state index contributed by atoms with van der Waals surface area (Å²) in [6.45, 7) is 21.1. The monoisotopic (exact) mass is 1680 g/mol. The molecule has 0 atom stereocenters. The van der Waals surface area contributed by atoms with Crippen LogP contribution in [0.3, 0.4) is 0 Å². The van der Waals surface area contributed by atoms with Crippen molar-refractivity contribution >= 4 is 55.5 Å². The number of rotatable bonds is 23. The van der Waals surface area contributed by atoms with E-state index >= 15 is 0 Å².